The molecule has 8 nitrogen and oxygen atoms in total. The molecule has 0 fully saturated rings. The normalized spacial score (nSPS) is 13.0. The molecular weight excluding hydrogens is 372 g/mol. The van der Waals surface area contributed by atoms with E-state index in [1.807, 2.05) is 0 Å². The van der Waals surface area contributed by atoms with Gasteiger partial charge in [0.25, 0.3) is 0 Å². The number of benzene rings is 2. The second-order valence-corrected chi connectivity index (χ2v) is 7.92. The van der Waals surface area contributed by atoms with Crippen LogP contribution in [-0.4, -0.2) is 39.1 Å². The van der Waals surface area contributed by atoms with Gasteiger partial charge in [0, 0.05) is 19.2 Å². The monoisotopic (exact) mass is 392 g/mol. The van der Waals surface area contributed by atoms with Crippen LogP contribution in [0, 0.1) is 0 Å². The molecule has 2 aromatic carbocycles. The Balaban J connectivity index is 1.92. The van der Waals surface area contributed by atoms with Gasteiger partial charge in [0.2, 0.25) is 22.7 Å². The van der Waals surface area contributed by atoms with Crippen molar-refractivity contribution >= 4 is 15.9 Å². The Hall–Kier alpha value is -2.78. The van der Waals surface area contributed by atoms with Gasteiger partial charge in [-0.2, -0.15) is 4.31 Å². The van der Waals surface area contributed by atoms with Crippen molar-refractivity contribution in [3.05, 3.63) is 47.5 Å². The number of rotatable bonds is 7. The molecule has 0 aliphatic carbocycles. The zero-order valence-corrected chi connectivity index (χ0v) is 15.8. The third kappa shape index (κ3) is 3.83. The summed E-state index contributed by atoms with van der Waals surface area (Å²) in [7, 11) is -2.48. The summed E-state index contributed by atoms with van der Waals surface area (Å²) in [6.07, 6.45) is 0. The summed E-state index contributed by atoms with van der Waals surface area (Å²) in [6, 6.07) is 9.34. The van der Waals surface area contributed by atoms with Crippen LogP contribution < -0.4 is 19.9 Å². The Morgan fingerprint density at radius 2 is 1.93 bits per heavy atom. The van der Waals surface area contributed by atoms with Crippen molar-refractivity contribution in [2.24, 2.45) is 5.73 Å². The molecule has 3 rings (SSSR count). The summed E-state index contributed by atoms with van der Waals surface area (Å²) in [5.41, 5.74) is 6.11. The van der Waals surface area contributed by atoms with Crippen LogP contribution in [0.3, 0.4) is 0 Å². The number of primary amides is 1. The Morgan fingerprint density at radius 1 is 1.19 bits per heavy atom. The van der Waals surface area contributed by atoms with Crippen molar-refractivity contribution in [2.45, 2.75) is 18.4 Å². The average Bonchev–Trinajstić information content (AvgIpc) is 3.09. The van der Waals surface area contributed by atoms with Gasteiger partial charge >= 0.3 is 0 Å². The highest BCUT2D eigenvalue weighted by Crippen LogP contribution is 2.34. The number of nitrogens with zero attached hydrogens (tertiary/aromatic N) is 1. The van der Waals surface area contributed by atoms with Crippen molar-refractivity contribution in [1.29, 1.82) is 0 Å². The van der Waals surface area contributed by atoms with Crippen LogP contribution in [0.4, 0.5) is 0 Å². The molecule has 0 aromatic heterocycles. The average molecular weight is 392 g/mol. The molecule has 0 radical (unpaired) electrons. The third-order valence-electron chi connectivity index (χ3n) is 4.06. The number of hydrogen-bond acceptors (Lipinski definition) is 6. The van der Waals surface area contributed by atoms with Gasteiger partial charge in [0.15, 0.2) is 11.5 Å². The lowest BCUT2D eigenvalue weighted by Gasteiger charge is -2.20. The minimum atomic E-state index is -3.93. The van der Waals surface area contributed by atoms with Crippen molar-refractivity contribution in [3.63, 3.8) is 0 Å². The van der Waals surface area contributed by atoms with Gasteiger partial charge in [0.05, 0.1) is 6.61 Å². The maximum Gasteiger partial charge on any atom is 0.248 e. The Labute approximate surface area is 157 Å². The predicted molar refractivity (Wildman–Crippen MR) is 97.3 cm³/mol. The summed E-state index contributed by atoms with van der Waals surface area (Å²) >= 11 is 0. The molecule has 0 bridgehead atoms. The highest BCUT2D eigenvalue weighted by Gasteiger charge is 2.27. The molecule has 0 atom stereocenters. The fraction of sp³-hybridized carbons (Fsp3) is 0.278. The third-order valence-corrected chi connectivity index (χ3v) is 5.88. The van der Waals surface area contributed by atoms with Crippen molar-refractivity contribution in [2.75, 3.05) is 20.4 Å². The van der Waals surface area contributed by atoms with E-state index in [1.54, 1.807) is 25.1 Å². The second kappa shape index (κ2) is 7.45. The smallest absolute Gasteiger partial charge is 0.248 e. The van der Waals surface area contributed by atoms with Gasteiger partial charge in [-0.1, -0.05) is 6.07 Å². The van der Waals surface area contributed by atoms with Gasteiger partial charge in [0.1, 0.15) is 10.6 Å². The first kappa shape index (κ1) is 19.0. The van der Waals surface area contributed by atoms with Gasteiger partial charge in [-0.15, -0.1) is 0 Å². The van der Waals surface area contributed by atoms with Crippen LogP contribution in [0.25, 0.3) is 0 Å². The van der Waals surface area contributed by atoms with Crippen LogP contribution >= 0.6 is 0 Å². The lowest BCUT2D eigenvalue weighted by Crippen LogP contribution is -2.27. The van der Waals surface area contributed by atoms with Gasteiger partial charge in [-0.3, -0.25) is 4.79 Å². The first-order valence-electron chi connectivity index (χ1n) is 8.24. The minimum Gasteiger partial charge on any atom is -0.492 e. The zero-order chi connectivity index (χ0) is 19.6. The second-order valence-electron chi connectivity index (χ2n) is 5.91. The van der Waals surface area contributed by atoms with Crippen molar-refractivity contribution < 1.29 is 27.4 Å². The molecule has 1 amide bonds. The highest BCUT2D eigenvalue weighted by molar-refractivity contribution is 7.89. The summed E-state index contributed by atoms with van der Waals surface area (Å²) in [5, 5.41) is 0. The molecule has 0 unspecified atom stereocenters. The standard InChI is InChI=1S/C18H20N2O6S/c1-3-24-15-7-5-13(18(19)21)9-17(15)27(22,23)20(2)10-12-4-6-14-16(8-12)26-11-25-14/h4-9H,3,10-11H2,1-2H3,(H2,19,21). The summed E-state index contributed by atoms with van der Waals surface area (Å²) < 4.78 is 43.3. The van der Waals surface area contributed by atoms with Gasteiger partial charge in [-0.05, 0) is 42.8 Å². The van der Waals surface area contributed by atoms with Gasteiger partial charge in [-0.25, -0.2) is 8.42 Å². The Kier molecular flexibility index (Phi) is 5.24. The quantitative estimate of drug-likeness (QED) is 0.769. The topological polar surface area (TPSA) is 108 Å². The van der Waals surface area contributed by atoms with E-state index < -0.39 is 15.9 Å². The zero-order valence-electron chi connectivity index (χ0n) is 15.0. The molecule has 0 saturated carbocycles. The van der Waals surface area contributed by atoms with E-state index in [9.17, 15) is 13.2 Å². The molecule has 0 saturated heterocycles. The largest absolute Gasteiger partial charge is 0.492 e. The van der Waals surface area contributed by atoms with Crippen LogP contribution in [0.15, 0.2) is 41.3 Å². The maximum atomic E-state index is 13.1. The summed E-state index contributed by atoms with van der Waals surface area (Å²) in [5.74, 6) is 0.647. The number of carbonyl (C=O) groups is 1. The van der Waals surface area contributed by atoms with E-state index in [0.717, 1.165) is 5.56 Å². The first-order chi connectivity index (χ1) is 12.8. The van der Waals surface area contributed by atoms with E-state index in [1.165, 1.54) is 29.6 Å². The van der Waals surface area contributed by atoms with E-state index >= 15 is 0 Å². The molecule has 9 heteroatoms. The molecule has 0 spiro atoms. The van der Waals surface area contributed by atoms with Crippen LogP contribution in [-0.2, 0) is 16.6 Å². The number of carbonyl (C=O) groups excluding carboxylic acids is 1. The lowest BCUT2D eigenvalue weighted by molar-refractivity contribution is 0.1000. The summed E-state index contributed by atoms with van der Waals surface area (Å²) in [4.78, 5) is 11.4. The van der Waals surface area contributed by atoms with Gasteiger partial charge < -0.3 is 19.9 Å². The molecule has 144 valence electrons. The highest BCUT2D eigenvalue weighted by atomic mass is 32.2. The van der Waals surface area contributed by atoms with E-state index in [2.05, 4.69) is 0 Å². The van der Waals surface area contributed by atoms with E-state index in [0.29, 0.717) is 11.5 Å². The first-order valence-corrected chi connectivity index (χ1v) is 9.68. The number of nitrogens with two attached hydrogens (primary N) is 1. The number of ether oxygens (including phenoxy) is 3. The molecule has 2 N–H and O–H groups in total. The minimum absolute atomic E-state index is 0.0912. The fourth-order valence-electron chi connectivity index (χ4n) is 2.69. The molecular formula is C18H20N2O6S. The SMILES string of the molecule is CCOc1ccc(C(N)=O)cc1S(=O)(=O)N(C)Cc1ccc2c(c1)OCO2. The fourth-order valence-corrected chi connectivity index (χ4v) is 4.00. The summed E-state index contributed by atoms with van der Waals surface area (Å²) in [6.45, 7) is 2.27. The number of amides is 1. The Morgan fingerprint density at radius 3 is 2.63 bits per heavy atom. The molecule has 2 aromatic rings. The molecule has 27 heavy (non-hydrogen) atoms. The van der Waals surface area contributed by atoms with Crippen LogP contribution in [0.5, 0.6) is 17.2 Å². The predicted octanol–water partition coefficient (Wildman–Crippen LogP) is 1.73. The van der Waals surface area contributed by atoms with E-state index in [4.69, 9.17) is 19.9 Å². The molecule has 1 aliphatic heterocycles. The molecule has 1 aliphatic rings. The van der Waals surface area contributed by atoms with E-state index in [-0.39, 0.29) is 36.2 Å². The van der Waals surface area contributed by atoms with Crippen molar-refractivity contribution in [3.8, 4) is 17.2 Å². The van der Waals surface area contributed by atoms with Crippen LogP contribution in [0.2, 0.25) is 0 Å². The maximum absolute atomic E-state index is 13.1. The molecule has 1 heterocycles. The number of sulfonamides is 1. The van der Waals surface area contributed by atoms with Crippen LogP contribution in [0.1, 0.15) is 22.8 Å². The lowest BCUT2D eigenvalue weighted by atomic mass is 10.2. The Bertz CT molecular complexity index is 974. The van der Waals surface area contributed by atoms with Crippen molar-refractivity contribution in [1.82, 2.24) is 4.31 Å². The number of fused-ring (bicyclic) bond motifs is 1. The number of hydrogen-bond donors (Lipinski definition) is 1.